The van der Waals surface area contributed by atoms with Crippen molar-refractivity contribution < 1.29 is 4.74 Å². The molecule has 3 rings (SSSR count). The Balaban J connectivity index is 1.84. The van der Waals surface area contributed by atoms with E-state index in [2.05, 4.69) is 33.7 Å². The second-order valence-electron chi connectivity index (χ2n) is 5.35. The number of rotatable bonds is 4. The molecule has 2 aromatic heterocycles. The Labute approximate surface area is 123 Å². The number of aryl methyl sites for hydroxylation is 1. The van der Waals surface area contributed by atoms with Gasteiger partial charge in [-0.3, -0.25) is 0 Å². The van der Waals surface area contributed by atoms with Crippen LogP contribution in [-0.2, 0) is 11.2 Å². The van der Waals surface area contributed by atoms with Gasteiger partial charge in [-0.05, 0) is 37.1 Å². The van der Waals surface area contributed by atoms with Gasteiger partial charge in [0.05, 0.1) is 11.5 Å². The summed E-state index contributed by atoms with van der Waals surface area (Å²) in [6.45, 7) is 2.10. The largest absolute Gasteiger partial charge is 0.381 e. The minimum absolute atomic E-state index is 0.381. The Kier molecular flexibility index (Phi) is 4.17. The fraction of sp³-hybridized carbons (Fsp3) is 0.600. The quantitative estimate of drug-likeness (QED) is 0.934. The Hall–Kier alpha value is -1.20. The molecule has 0 bridgehead atoms. The predicted octanol–water partition coefficient (Wildman–Crippen LogP) is 3.62. The lowest BCUT2D eigenvalue weighted by atomic mass is 9.93. The van der Waals surface area contributed by atoms with E-state index in [4.69, 9.17) is 4.74 Å². The average Bonchev–Trinajstić information content (AvgIpc) is 2.96. The Morgan fingerprint density at radius 1 is 1.40 bits per heavy atom. The molecule has 108 valence electrons. The molecule has 5 heteroatoms. The van der Waals surface area contributed by atoms with E-state index < -0.39 is 0 Å². The fourth-order valence-electron chi connectivity index (χ4n) is 2.85. The molecule has 2 unspecified atom stereocenters. The van der Waals surface area contributed by atoms with Crippen LogP contribution in [0.1, 0.15) is 38.4 Å². The highest BCUT2D eigenvalue weighted by Crippen LogP contribution is 2.29. The zero-order valence-electron chi connectivity index (χ0n) is 12.1. The van der Waals surface area contributed by atoms with Gasteiger partial charge in [0.25, 0.3) is 0 Å². The minimum atomic E-state index is 0.381. The summed E-state index contributed by atoms with van der Waals surface area (Å²) in [5.74, 6) is 1.91. The number of thiophene rings is 1. The Morgan fingerprint density at radius 3 is 3.10 bits per heavy atom. The highest BCUT2D eigenvalue weighted by Gasteiger charge is 2.22. The molecule has 2 aromatic rings. The van der Waals surface area contributed by atoms with Crippen molar-refractivity contribution in [3.05, 3.63) is 17.3 Å². The number of anilines is 1. The number of methoxy groups -OCH3 is 1. The molecule has 0 radical (unpaired) electrons. The van der Waals surface area contributed by atoms with Crippen molar-refractivity contribution in [1.82, 2.24) is 9.97 Å². The summed E-state index contributed by atoms with van der Waals surface area (Å²) in [5.41, 5.74) is 0. The number of ether oxygens (including phenoxy) is 1. The molecule has 1 fully saturated rings. The molecule has 2 heterocycles. The zero-order valence-corrected chi connectivity index (χ0v) is 12.9. The third kappa shape index (κ3) is 2.79. The van der Waals surface area contributed by atoms with Crippen LogP contribution in [-0.4, -0.2) is 29.2 Å². The third-order valence-corrected chi connectivity index (χ3v) is 4.79. The van der Waals surface area contributed by atoms with Crippen molar-refractivity contribution >= 4 is 27.4 Å². The van der Waals surface area contributed by atoms with Gasteiger partial charge in [0.15, 0.2) is 0 Å². The first-order valence-electron chi connectivity index (χ1n) is 7.33. The van der Waals surface area contributed by atoms with Crippen molar-refractivity contribution in [2.24, 2.45) is 0 Å². The summed E-state index contributed by atoms with van der Waals surface area (Å²) >= 11 is 1.68. The smallest absolute Gasteiger partial charge is 0.138 e. The van der Waals surface area contributed by atoms with Gasteiger partial charge in [-0.15, -0.1) is 11.3 Å². The van der Waals surface area contributed by atoms with Crippen molar-refractivity contribution in [2.45, 2.75) is 51.2 Å². The average molecular weight is 291 g/mol. The molecule has 20 heavy (non-hydrogen) atoms. The van der Waals surface area contributed by atoms with E-state index in [-0.39, 0.29) is 0 Å². The summed E-state index contributed by atoms with van der Waals surface area (Å²) in [6, 6.07) is 2.56. The molecule has 2 atom stereocenters. The third-order valence-electron chi connectivity index (χ3n) is 3.99. The molecule has 0 amide bonds. The van der Waals surface area contributed by atoms with Gasteiger partial charge in [-0.25, -0.2) is 9.97 Å². The molecule has 4 nitrogen and oxygen atoms in total. The first-order valence-corrected chi connectivity index (χ1v) is 8.21. The van der Waals surface area contributed by atoms with Gasteiger partial charge < -0.3 is 10.1 Å². The maximum atomic E-state index is 5.51. The SMILES string of the molecule is CCc1nc(NC2CCCC(OC)C2)c2ccsc2n1. The fourth-order valence-corrected chi connectivity index (χ4v) is 3.63. The number of aromatic nitrogens is 2. The predicted molar refractivity (Wildman–Crippen MR) is 83.5 cm³/mol. The van der Waals surface area contributed by atoms with Crippen LogP contribution in [0.15, 0.2) is 11.4 Å². The molecule has 1 N–H and O–H groups in total. The van der Waals surface area contributed by atoms with Crippen LogP contribution in [0.4, 0.5) is 5.82 Å². The number of fused-ring (bicyclic) bond motifs is 1. The van der Waals surface area contributed by atoms with E-state index in [9.17, 15) is 0 Å². The van der Waals surface area contributed by atoms with Crippen molar-refractivity contribution in [1.29, 1.82) is 0 Å². The van der Waals surface area contributed by atoms with Crippen LogP contribution in [0.3, 0.4) is 0 Å². The monoisotopic (exact) mass is 291 g/mol. The standard InChI is InChI=1S/C15H21N3OS/c1-3-13-17-14(12-7-8-20-15(12)18-13)16-10-5-4-6-11(9-10)19-2/h7-8,10-11H,3-6,9H2,1-2H3,(H,16,17,18). The number of nitrogens with zero attached hydrogens (tertiary/aromatic N) is 2. The summed E-state index contributed by atoms with van der Waals surface area (Å²) in [6.07, 6.45) is 5.89. The van der Waals surface area contributed by atoms with E-state index in [1.165, 1.54) is 19.3 Å². The second kappa shape index (κ2) is 6.06. The first kappa shape index (κ1) is 13.8. The molecule has 1 aliphatic carbocycles. The van der Waals surface area contributed by atoms with Gasteiger partial charge in [0.1, 0.15) is 16.5 Å². The lowest BCUT2D eigenvalue weighted by molar-refractivity contribution is 0.0669. The maximum absolute atomic E-state index is 5.51. The molecule has 0 saturated heterocycles. The van der Waals surface area contributed by atoms with Gasteiger partial charge in [-0.2, -0.15) is 0 Å². The Bertz CT molecular complexity index is 584. The summed E-state index contributed by atoms with van der Waals surface area (Å²) in [5, 5.41) is 6.86. The highest BCUT2D eigenvalue weighted by molar-refractivity contribution is 7.16. The second-order valence-corrected chi connectivity index (χ2v) is 6.24. The van der Waals surface area contributed by atoms with Crippen LogP contribution in [0, 0.1) is 0 Å². The van der Waals surface area contributed by atoms with E-state index in [0.29, 0.717) is 12.1 Å². The van der Waals surface area contributed by atoms with Crippen molar-refractivity contribution in [3.8, 4) is 0 Å². The molecular formula is C15H21N3OS. The number of nitrogens with one attached hydrogen (secondary N) is 1. The molecular weight excluding hydrogens is 270 g/mol. The van der Waals surface area contributed by atoms with E-state index in [1.807, 2.05) is 7.11 Å². The lowest BCUT2D eigenvalue weighted by Crippen LogP contribution is -2.31. The van der Waals surface area contributed by atoms with Crippen molar-refractivity contribution in [2.75, 3.05) is 12.4 Å². The lowest BCUT2D eigenvalue weighted by Gasteiger charge is -2.29. The first-order chi connectivity index (χ1) is 9.80. The normalized spacial score (nSPS) is 23.1. The topological polar surface area (TPSA) is 47.0 Å². The van der Waals surface area contributed by atoms with Gasteiger partial charge >= 0.3 is 0 Å². The summed E-state index contributed by atoms with van der Waals surface area (Å²) < 4.78 is 5.51. The molecule has 0 spiro atoms. The highest BCUT2D eigenvalue weighted by atomic mass is 32.1. The van der Waals surface area contributed by atoms with Crippen LogP contribution in [0.5, 0.6) is 0 Å². The van der Waals surface area contributed by atoms with Crippen LogP contribution in [0.2, 0.25) is 0 Å². The maximum Gasteiger partial charge on any atom is 0.138 e. The van der Waals surface area contributed by atoms with Crippen LogP contribution in [0.25, 0.3) is 10.2 Å². The van der Waals surface area contributed by atoms with Crippen LogP contribution >= 0.6 is 11.3 Å². The zero-order chi connectivity index (χ0) is 13.9. The summed E-state index contributed by atoms with van der Waals surface area (Å²) in [4.78, 5) is 10.3. The number of hydrogen-bond acceptors (Lipinski definition) is 5. The number of hydrogen-bond donors (Lipinski definition) is 1. The molecule has 1 saturated carbocycles. The van der Waals surface area contributed by atoms with Crippen molar-refractivity contribution in [3.63, 3.8) is 0 Å². The minimum Gasteiger partial charge on any atom is -0.381 e. The van der Waals surface area contributed by atoms with Gasteiger partial charge in [0, 0.05) is 19.6 Å². The summed E-state index contributed by atoms with van der Waals surface area (Å²) in [7, 11) is 1.81. The van der Waals surface area contributed by atoms with Gasteiger partial charge in [-0.1, -0.05) is 6.92 Å². The van der Waals surface area contributed by atoms with Crippen LogP contribution < -0.4 is 5.32 Å². The van der Waals surface area contributed by atoms with Gasteiger partial charge in [0.2, 0.25) is 0 Å². The molecule has 0 aromatic carbocycles. The Morgan fingerprint density at radius 2 is 2.30 bits per heavy atom. The van der Waals surface area contributed by atoms with E-state index in [0.717, 1.165) is 34.7 Å². The van der Waals surface area contributed by atoms with E-state index >= 15 is 0 Å². The molecule has 1 aliphatic rings. The molecule has 0 aliphatic heterocycles. The van der Waals surface area contributed by atoms with E-state index in [1.54, 1.807) is 11.3 Å².